The third-order valence-corrected chi connectivity index (χ3v) is 12.2. The monoisotopic (exact) mass is 735 g/mol. The number of aromatic nitrogens is 4. The Morgan fingerprint density at radius 3 is 2.39 bits per heavy atom. The standard InChI is InChI=1S/C41H50FN9O3/c42-31-6-8-32(9-7-31)47-39(52)37(29-4-2-1-3-5-29)54-40(53)36-38(43)45-25-35(48-36)30-24-46-51(27-30)33-12-18-49(19-13-33)26-28-10-20-50(21-11-28)34-22-41(23-34)14-16-44-17-15-41/h1-9,24-25,27-28,33-34,37,44H,10-23,26H2,(H2,43,45)(H,47,52)/t37-/m1/s1. The third-order valence-electron chi connectivity index (χ3n) is 12.2. The summed E-state index contributed by atoms with van der Waals surface area (Å²) in [4.78, 5) is 41.0. The minimum absolute atomic E-state index is 0.117. The molecule has 0 unspecified atom stereocenters. The van der Waals surface area contributed by atoms with Gasteiger partial charge in [0, 0.05) is 48.7 Å². The third kappa shape index (κ3) is 8.18. The van der Waals surface area contributed by atoms with E-state index in [2.05, 4.69) is 35.5 Å². The molecule has 1 spiro atoms. The number of hydrogen-bond acceptors (Lipinski definition) is 10. The molecule has 12 nitrogen and oxygen atoms in total. The minimum atomic E-state index is -1.32. The van der Waals surface area contributed by atoms with Crippen molar-refractivity contribution in [2.24, 2.45) is 11.3 Å². The summed E-state index contributed by atoms with van der Waals surface area (Å²) in [6.45, 7) is 8.19. The van der Waals surface area contributed by atoms with Crippen molar-refractivity contribution in [2.75, 3.05) is 56.9 Å². The van der Waals surface area contributed by atoms with Gasteiger partial charge in [-0.05, 0) is 113 Å². The molecule has 4 aliphatic rings. The number of nitrogens with zero attached hydrogens (tertiary/aromatic N) is 6. The Morgan fingerprint density at radius 2 is 1.67 bits per heavy atom. The van der Waals surface area contributed by atoms with Crippen LogP contribution < -0.4 is 16.4 Å². The van der Waals surface area contributed by atoms with Crippen molar-refractivity contribution in [1.82, 2.24) is 34.9 Å². The molecule has 1 atom stereocenters. The molecule has 8 rings (SSSR count). The number of benzene rings is 2. The lowest BCUT2D eigenvalue weighted by Gasteiger charge is -2.55. The zero-order valence-corrected chi connectivity index (χ0v) is 30.7. The van der Waals surface area contributed by atoms with E-state index >= 15 is 0 Å². The highest BCUT2D eigenvalue weighted by Gasteiger charge is 2.47. The fourth-order valence-corrected chi connectivity index (χ4v) is 8.96. The summed E-state index contributed by atoms with van der Waals surface area (Å²) in [6, 6.07) is 15.0. The molecular weight excluding hydrogens is 686 g/mol. The molecule has 4 aromatic rings. The molecule has 0 radical (unpaired) electrons. The SMILES string of the molecule is Nc1ncc(-c2cnn(C3CCN(CC4CCN(C5CC6(CCNCC6)C5)CC4)CC3)c2)nc1C(=O)O[C@@H](C(=O)Nc1ccc(F)cc1)c1ccccc1. The van der Waals surface area contributed by atoms with Gasteiger partial charge in [-0.15, -0.1) is 0 Å². The number of hydrogen-bond donors (Lipinski definition) is 3. The summed E-state index contributed by atoms with van der Waals surface area (Å²) in [7, 11) is 0. The van der Waals surface area contributed by atoms with Gasteiger partial charge in [-0.25, -0.2) is 19.2 Å². The first kappa shape index (κ1) is 36.3. The normalized spacial score (nSPS) is 20.7. The summed E-state index contributed by atoms with van der Waals surface area (Å²) < 4.78 is 21.2. The molecule has 1 saturated carbocycles. The lowest BCUT2D eigenvalue weighted by atomic mass is 9.60. The van der Waals surface area contributed by atoms with E-state index in [1.165, 1.54) is 102 Å². The van der Waals surface area contributed by atoms with Crippen LogP contribution in [-0.2, 0) is 9.53 Å². The van der Waals surface area contributed by atoms with Crippen LogP contribution in [0.3, 0.4) is 0 Å². The molecule has 4 N–H and O–H groups in total. The Balaban J connectivity index is 0.845. The highest BCUT2D eigenvalue weighted by molar-refractivity contribution is 5.99. The Morgan fingerprint density at radius 1 is 0.944 bits per heavy atom. The predicted molar refractivity (Wildman–Crippen MR) is 204 cm³/mol. The van der Waals surface area contributed by atoms with Crippen molar-refractivity contribution >= 4 is 23.4 Å². The van der Waals surface area contributed by atoms with Gasteiger partial charge < -0.3 is 30.9 Å². The molecule has 4 fully saturated rings. The predicted octanol–water partition coefficient (Wildman–Crippen LogP) is 5.48. The quantitative estimate of drug-likeness (QED) is 0.179. The van der Waals surface area contributed by atoms with Crippen LogP contribution in [0.25, 0.3) is 11.3 Å². The summed E-state index contributed by atoms with van der Waals surface area (Å²) in [5.41, 5.74) is 8.49. The zero-order chi connectivity index (χ0) is 37.1. The number of anilines is 2. The second kappa shape index (κ2) is 15.9. The summed E-state index contributed by atoms with van der Waals surface area (Å²) >= 11 is 0. The van der Waals surface area contributed by atoms with E-state index < -0.39 is 23.8 Å². The van der Waals surface area contributed by atoms with Crippen molar-refractivity contribution in [2.45, 2.75) is 69.6 Å². The molecule has 1 amide bonds. The Kier molecular flexibility index (Phi) is 10.7. The molecule has 0 bridgehead atoms. The maximum Gasteiger partial charge on any atom is 0.361 e. The van der Waals surface area contributed by atoms with Crippen LogP contribution in [0.2, 0.25) is 0 Å². The van der Waals surface area contributed by atoms with E-state index in [0.717, 1.165) is 37.9 Å². The van der Waals surface area contributed by atoms with Crippen LogP contribution in [0, 0.1) is 17.2 Å². The van der Waals surface area contributed by atoms with Crippen molar-refractivity contribution in [3.05, 3.63) is 90.3 Å². The van der Waals surface area contributed by atoms with Gasteiger partial charge in [0.15, 0.2) is 11.5 Å². The van der Waals surface area contributed by atoms with E-state index in [1.54, 1.807) is 36.5 Å². The number of rotatable bonds is 10. The van der Waals surface area contributed by atoms with Crippen molar-refractivity contribution in [1.29, 1.82) is 0 Å². The van der Waals surface area contributed by atoms with Gasteiger partial charge in [-0.3, -0.25) is 9.48 Å². The second-order valence-corrected chi connectivity index (χ2v) is 15.7. The number of halogens is 1. The van der Waals surface area contributed by atoms with Gasteiger partial charge in [0.05, 0.1) is 24.1 Å². The van der Waals surface area contributed by atoms with E-state index in [4.69, 9.17) is 10.5 Å². The molecule has 284 valence electrons. The number of nitrogens with one attached hydrogen (secondary N) is 2. The van der Waals surface area contributed by atoms with Crippen LogP contribution in [0.15, 0.2) is 73.2 Å². The molecular formula is C41H50FN9O3. The topological polar surface area (TPSA) is 144 Å². The lowest BCUT2D eigenvalue weighted by molar-refractivity contribution is -0.125. The van der Waals surface area contributed by atoms with Crippen LogP contribution in [0.1, 0.15) is 79.6 Å². The second-order valence-electron chi connectivity index (χ2n) is 15.7. The van der Waals surface area contributed by atoms with E-state index in [9.17, 15) is 14.0 Å². The average Bonchev–Trinajstić information content (AvgIpc) is 3.69. The molecule has 2 aromatic heterocycles. The van der Waals surface area contributed by atoms with Gasteiger partial charge >= 0.3 is 5.97 Å². The van der Waals surface area contributed by atoms with E-state index in [-0.39, 0.29) is 17.6 Å². The van der Waals surface area contributed by atoms with Gasteiger partial charge in [0.25, 0.3) is 5.91 Å². The maximum absolute atomic E-state index is 13.5. The van der Waals surface area contributed by atoms with Crippen molar-refractivity contribution < 1.29 is 18.7 Å². The van der Waals surface area contributed by atoms with Gasteiger partial charge in [-0.1, -0.05) is 30.3 Å². The largest absolute Gasteiger partial charge is 0.442 e. The Labute approximate surface area is 315 Å². The molecule has 3 saturated heterocycles. The molecule has 54 heavy (non-hydrogen) atoms. The number of piperidine rings is 3. The number of nitrogen functional groups attached to an aromatic ring is 1. The fraction of sp³-hybridized carbons (Fsp3) is 0.488. The Hall–Kier alpha value is -4.72. The first-order valence-corrected chi connectivity index (χ1v) is 19.5. The average molecular weight is 736 g/mol. The number of nitrogens with two attached hydrogens (primary N) is 1. The molecule has 1 aliphatic carbocycles. The van der Waals surface area contributed by atoms with Crippen LogP contribution >= 0.6 is 0 Å². The van der Waals surface area contributed by atoms with Gasteiger partial charge in [-0.2, -0.15) is 5.10 Å². The lowest BCUT2D eigenvalue weighted by Crippen LogP contribution is -2.56. The number of carbonyl (C=O) groups excluding carboxylic acids is 2. The molecule has 2 aromatic carbocycles. The maximum atomic E-state index is 13.5. The first-order chi connectivity index (χ1) is 26.3. The van der Waals surface area contributed by atoms with Crippen molar-refractivity contribution in [3.8, 4) is 11.3 Å². The number of likely N-dealkylation sites (tertiary alicyclic amines) is 2. The number of esters is 1. The molecule has 13 heteroatoms. The highest BCUT2D eigenvalue weighted by atomic mass is 19.1. The molecule has 5 heterocycles. The highest BCUT2D eigenvalue weighted by Crippen LogP contribution is 2.50. The summed E-state index contributed by atoms with van der Waals surface area (Å²) in [6.07, 6.45) is 14.1. The number of ether oxygens (including phenoxy) is 1. The molecule has 3 aliphatic heterocycles. The fourth-order valence-electron chi connectivity index (χ4n) is 8.96. The van der Waals surface area contributed by atoms with Crippen LogP contribution in [-0.4, -0.2) is 93.3 Å². The Bertz CT molecular complexity index is 1890. The van der Waals surface area contributed by atoms with Gasteiger partial charge in [0.2, 0.25) is 6.10 Å². The summed E-state index contributed by atoms with van der Waals surface area (Å²) in [5, 5.41) is 10.9. The van der Waals surface area contributed by atoms with Crippen LogP contribution in [0.4, 0.5) is 15.9 Å². The number of carbonyl (C=O) groups is 2. The first-order valence-electron chi connectivity index (χ1n) is 19.5. The van der Waals surface area contributed by atoms with Gasteiger partial charge in [0.1, 0.15) is 5.82 Å². The summed E-state index contributed by atoms with van der Waals surface area (Å²) in [5.74, 6) is -1.29. The number of amides is 1. The van der Waals surface area contributed by atoms with E-state index in [0.29, 0.717) is 27.9 Å². The minimum Gasteiger partial charge on any atom is -0.442 e. The smallest absolute Gasteiger partial charge is 0.361 e. The van der Waals surface area contributed by atoms with E-state index in [1.807, 2.05) is 10.9 Å². The van der Waals surface area contributed by atoms with Crippen LogP contribution in [0.5, 0.6) is 0 Å². The van der Waals surface area contributed by atoms with Crippen molar-refractivity contribution in [3.63, 3.8) is 0 Å². The zero-order valence-electron chi connectivity index (χ0n) is 30.7.